The molecule has 2 heterocycles. The van der Waals surface area contributed by atoms with E-state index in [4.69, 9.17) is 0 Å². The first kappa shape index (κ1) is 13.4. The van der Waals surface area contributed by atoms with Gasteiger partial charge in [0.1, 0.15) is 5.69 Å². The second kappa shape index (κ2) is 5.05. The van der Waals surface area contributed by atoms with Gasteiger partial charge in [-0.05, 0) is 49.7 Å². The molecule has 1 aromatic carbocycles. The third-order valence-electron chi connectivity index (χ3n) is 3.55. The first-order valence-electron chi connectivity index (χ1n) is 6.87. The van der Waals surface area contributed by atoms with Gasteiger partial charge in [0.15, 0.2) is 0 Å². The van der Waals surface area contributed by atoms with Crippen LogP contribution in [0.3, 0.4) is 0 Å². The Morgan fingerprint density at radius 3 is 2.71 bits per heavy atom. The van der Waals surface area contributed by atoms with E-state index in [1.54, 1.807) is 12.3 Å². The topological polar surface area (TPSA) is 55.1 Å². The highest BCUT2D eigenvalue weighted by atomic mass is 16.4. The number of carboxylic acids is 1. The fourth-order valence-electron chi connectivity index (χ4n) is 2.65. The Balaban J connectivity index is 2.20. The van der Waals surface area contributed by atoms with Gasteiger partial charge in [-0.25, -0.2) is 4.79 Å². The molecular formula is C17H16N2O2. The van der Waals surface area contributed by atoms with Crippen LogP contribution in [0.1, 0.15) is 30.4 Å². The van der Waals surface area contributed by atoms with Crippen molar-refractivity contribution in [2.45, 2.75) is 19.9 Å². The summed E-state index contributed by atoms with van der Waals surface area (Å²) in [5.41, 5.74) is 3.15. The van der Waals surface area contributed by atoms with Crippen LogP contribution in [0, 0.1) is 0 Å². The second-order valence-electron chi connectivity index (χ2n) is 5.28. The fraction of sp³-hybridized carbons (Fsp3) is 0.176. The van der Waals surface area contributed by atoms with E-state index in [1.807, 2.05) is 54.8 Å². The van der Waals surface area contributed by atoms with Gasteiger partial charge in [0.2, 0.25) is 0 Å². The van der Waals surface area contributed by atoms with Crippen LogP contribution in [0.4, 0.5) is 0 Å². The summed E-state index contributed by atoms with van der Waals surface area (Å²) in [5, 5.41) is 10.4. The molecule has 4 heteroatoms. The summed E-state index contributed by atoms with van der Waals surface area (Å²) >= 11 is 0. The smallest absolute Gasteiger partial charge is 0.352 e. The summed E-state index contributed by atoms with van der Waals surface area (Å²) in [5.74, 6) is -0.905. The maximum absolute atomic E-state index is 11.4. The Bertz CT molecular complexity index is 819. The number of nitrogens with zero attached hydrogens (tertiary/aromatic N) is 2. The Hall–Kier alpha value is -2.62. The molecule has 2 aromatic heterocycles. The maximum Gasteiger partial charge on any atom is 0.352 e. The average molecular weight is 280 g/mol. The van der Waals surface area contributed by atoms with Crippen molar-refractivity contribution in [3.8, 4) is 11.3 Å². The van der Waals surface area contributed by atoms with E-state index in [-0.39, 0.29) is 6.04 Å². The van der Waals surface area contributed by atoms with Gasteiger partial charge in [0.05, 0.1) is 5.52 Å². The number of benzene rings is 1. The van der Waals surface area contributed by atoms with E-state index in [2.05, 4.69) is 4.98 Å². The molecular weight excluding hydrogens is 264 g/mol. The van der Waals surface area contributed by atoms with Crippen molar-refractivity contribution in [3.63, 3.8) is 0 Å². The first-order valence-corrected chi connectivity index (χ1v) is 6.87. The van der Waals surface area contributed by atoms with Crippen molar-refractivity contribution in [2.75, 3.05) is 0 Å². The van der Waals surface area contributed by atoms with E-state index in [0.717, 1.165) is 22.2 Å². The summed E-state index contributed by atoms with van der Waals surface area (Å²) in [4.78, 5) is 15.7. The largest absolute Gasteiger partial charge is 0.477 e. The molecule has 0 amide bonds. The van der Waals surface area contributed by atoms with Crippen molar-refractivity contribution in [2.24, 2.45) is 0 Å². The van der Waals surface area contributed by atoms with Crippen LogP contribution in [0.2, 0.25) is 0 Å². The summed E-state index contributed by atoms with van der Waals surface area (Å²) in [6.07, 6.45) is 1.77. The number of hydrogen-bond acceptors (Lipinski definition) is 2. The van der Waals surface area contributed by atoms with Crippen LogP contribution in [-0.4, -0.2) is 20.6 Å². The Morgan fingerprint density at radius 2 is 2.00 bits per heavy atom. The van der Waals surface area contributed by atoms with E-state index in [0.29, 0.717) is 5.69 Å². The molecule has 0 radical (unpaired) electrons. The lowest BCUT2D eigenvalue weighted by Gasteiger charge is -2.16. The molecule has 0 bridgehead atoms. The predicted molar refractivity (Wildman–Crippen MR) is 82.5 cm³/mol. The third-order valence-corrected chi connectivity index (χ3v) is 3.55. The second-order valence-corrected chi connectivity index (χ2v) is 5.28. The lowest BCUT2D eigenvalue weighted by molar-refractivity contribution is 0.0683. The van der Waals surface area contributed by atoms with Gasteiger partial charge in [0.25, 0.3) is 0 Å². The predicted octanol–water partition coefficient (Wildman–Crippen LogP) is 3.98. The molecule has 0 aliphatic rings. The fourth-order valence-corrected chi connectivity index (χ4v) is 2.65. The zero-order valence-electron chi connectivity index (χ0n) is 11.9. The molecule has 1 N–H and O–H groups in total. The molecule has 106 valence electrons. The number of aromatic carboxylic acids is 1. The highest BCUT2D eigenvalue weighted by molar-refractivity contribution is 5.89. The molecule has 0 spiro atoms. The molecule has 0 aliphatic heterocycles. The monoisotopic (exact) mass is 280 g/mol. The molecule has 3 rings (SSSR count). The summed E-state index contributed by atoms with van der Waals surface area (Å²) in [6, 6.07) is 13.5. The standard InChI is InChI=1S/C17H16N2O2/c1-11(2)19-15(7-8-16(19)17(20)21)13-5-6-14-12(10-13)4-3-9-18-14/h3-11H,1-2H3,(H,20,21). The van der Waals surface area contributed by atoms with Crippen LogP contribution in [0.25, 0.3) is 22.2 Å². The normalized spacial score (nSPS) is 11.2. The van der Waals surface area contributed by atoms with E-state index >= 15 is 0 Å². The number of aromatic nitrogens is 2. The van der Waals surface area contributed by atoms with Gasteiger partial charge in [-0.15, -0.1) is 0 Å². The lowest BCUT2D eigenvalue weighted by atomic mass is 10.1. The molecule has 0 atom stereocenters. The van der Waals surface area contributed by atoms with Crippen LogP contribution in [-0.2, 0) is 0 Å². The minimum absolute atomic E-state index is 0.0747. The van der Waals surface area contributed by atoms with Crippen molar-refractivity contribution < 1.29 is 9.90 Å². The molecule has 21 heavy (non-hydrogen) atoms. The summed E-state index contributed by atoms with van der Waals surface area (Å²) in [7, 11) is 0. The Kier molecular flexibility index (Phi) is 3.22. The zero-order valence-corrected chi connectivity index (χ0v) is 11.9. The van der Waals surface area contributed by atoms with Gasteiger partial charge < -0.3 is 9.67 Å². The van der Waals surface area contributed by atoms with Gasteiger partial charge in [0, 0.05) is 23.3 Å². The Labute approximate surface area is 122 Å². The molecule has 0 unspecified atom stereocenters. The summed E-state index contributed by atoms with van der Waals surface area (Å²) in [6.45, 7) is 3.97. The van der Waals surface area contributed by atoms with Crippen molar-refractivity contribution in [1.82, 2.24) is 9.55 Å². The third kappa shape index (κ3) is 2.29. The molecule has 0 fully saturated rings. The molecule has 0 aliphatic carbocycles. The molecule has 4 nitrogen and oxygen atoms in total. The number of fused-ring (bicyclic) bond motifs is 1. The average Bonchev–Trinajstić information content (AvgIpc) is 2.92. The van der Waals surface area contributed by atoms with Gasteiger partial charge in [-0.2, -0.15) is 0 Å². The van der Waals surface area contributed by atoms with Gasteiger partial charge in [-0.3, -0.25) is 4.98 Å². The van der Waals surface area contributed by atoms with Crippen molar-refractivity contribution in [3.05, 3.63) is 54.4 Å². The summed E-state index contributed by atoms with van der Waals surface area (Å²) < 4.78 is 1.85. The van der Waals surface area contributed by atoms with E-state index < -0.39 is 5.97 Å². The minimum Gasteiger partial charge on any atom is -0.477 e. The van der Waals surface area contributed by atoms with Gasteiger partial charge >= 0.3 is 5.97 Å². The van der Waals surface area contributed by atoms with Gasteiger partial charge in [-0.1, -0.05) is 12.1 Å². The lowest BCUT2D eigenvalue weighted by Crippen LogP contribution is -2.11. The van der Waals surface area contributed by atoms with Crippen molar-refractivity contribution in [1.29, 1.82) is 0 Å². The maximum atomic E-state index is 11.4. The zero-order chi connectivity index (χ0) is 15.0. The number of pyridine rings is 1. The SMILES string of the molecule is CC(C)n1c(C(=O)O)ccc1-c1ccc2ncccc2c1. The highest BCUT2D eigenvalue weighted by Crippen LogP contribution is 2.28. The molecule has 0 saturated heterocycles. The van der Waals surface area contributed by atoms with Crippen LogP contribution >= 0.6 is 0 Å². The molecule has 0 saturated carbocycles. The number of rotatable bonds is 3. The Morgan fingerprint density at radius 1 is 1.19 bits per heavy atom. The first-order chi connectivity index (χ1) is 10.1. The molecule has 3 aromatic rings. The quantitative estimate of drug-likeness (QED) is 0.789. The highest BCUT2D eigenvalue weighted by Gasteiger charge is 2.17. The number of carbonyl (C=O) groups is 1. The van der Waals surface area contributed by atoms with Crippen molar-refractivity contribution >= 4 is 16.9 Å². The van der Waals surface area contributed by atoms with Crippen LogP contribution < -0.4 is 0 Å². The number of carboxylic acid groups (broad SMARTS) is 1. The van der Waals surface area contributed by atoms with E-state index in [9.17, 15) is 9.90 Å². The van der Waals surface area contributed by atoms with Crippen LogP contribution in [0.5, 0.6) is 0 Å². The minimum atomic E-state index is -0.905. The van der Waals surface area contributed by atoms with Crippen LogP contribution in [0.15, 0.2) is 48.7 Å². The van der Waals surface area contributed by atoms with E-state index in [1.165, 1.54) is 0 Å². The number of hydrogen-bond donors (Lipinski definition) is 1.